The van der Waals surface area contributed by atoms with Gasteiger partial charge in [-0.3, -0.25) is 5.10 Å². The summed E-state index contributed by atoms with van der Waals surface area (Å²) < 4.78 is 0. The molecule has 0 atom stereocenters. The molecule has 106 valence electrons. The van der Waals surface area contributed by atoms with Gasteiger partial charge >= 0.3 is 0 Å². The van der Waals surface area contributed by atoms with Crippen LogP contribution in [0.1, 0.15) is 12.8 Å². The summed E-state index contributed by atoms with van der Waals surface area (Å²) in [5.41, 5.74) is 10.2. The van der Waals surface area contributed by atoms with E-state index in [1.807, 2.05) is 12.1 Å². The van der Waals surface area contributed by atoms with Crippen LogP contribution in [0.3, 0.4) is 0 Å². The number of aromatic nitrogens is 3. The minimum atomic E-state index is 0.575. The molecule has 1 aromatic carbocycles. The van der Waals surface area contributed by atoms with Crippen molar-refractivity contribution in [3.8, 4) is 11.3 Å². The van der Waals surface area contributed by atoms with Crippen LogP contribution in [-0.2, 0) is 0 Å². The third-order valence-corrected chi connectivity index (χ3v) is 4.07. The lowest BCUT2D eigenvalue weighted by Crippen LogP contribution is -2.18. The maximum absolute atomic E-state index is 6.00. The molecule has 5 heteroatoms. The second kappa shape index (κ2) is 4.77. The number of H-pyrrole nitrogens is 1. The summed E-state index contributed by atoms with van der Waals surface area (Å²) >= 11 is 0. The fourth-order valence-corrected chi connectivity index (χ4v) is 3.03. The van der Waals surface area contributed by atoms with Crippen molar-refractivity contribution in [2.45, 2.75) is 12.8 Å². The lowest BCUT2D eigenvalue weighted by molar-refractivity contribution is 0.949. The van der Waals surface area contributed by atoms with Gasteiger partial charge in [0.15, 0.2) is 0 Å². The maximum Gasteiger partial charge on any atom is 0.126 e. The molecule has 0 saturated carbocycles. The first-order chi connectivity index (χ1) is 10.3. The summed E-state index contributed by atoms with van der Waals surface area (Å²) in [6.07, 6.45) is 4.24. The Hall–Kier alpha value is -2.56. The van der Waals surface area contributed by atoms with Crippen molar-refractivity contribution in [3.05, 3.63) is 36.5 Å². The monoisotopic (exact) mass is 279 g/mol. The molecule has 1 aliphatic heterocycles. The smallest absolute Gasteiger partial charge is 0.126 e. The number of nitrogens with two attached hydrogens (primary N) is 1. The summed E-state index contributed by atoms with van der Waals surface area (Å²) in [5, 5.41) is 8.14. The molecular weight excluding hydrogens is 262 g/mol. The van der Waals surface area contributed by atoms with Crippen LogP contribution in [0.2, 0.25) is 0 Å². The highest BCUT2D eigenvalue weighted by atomic mass is 15.1. The molecule has 3 heterocycles. The SMILES string of the molecule is Nc1cc(N2CCCC2)c2ccc(-c3ccn[nH]3)cc2n1. The average molecular weight is 279 g/mol. The van der Waals surface area contributed by atoms with Crippen LogP contribution >= 0.6 is 0 Å². The Morgan fingerprint density at radius 3 is 2.71 bits per heavy atom. The Balaban J connectivity index is 1.88. The third kappa shape index (κ3) is 2.11. The number of hydrogen-bond acceptors (Lipinski definition) is 4. The van der Waals surface area contributed by atoms with E-state index < -0.39 is 0 Å². The molecule has 0 aliphatic carbocycles. The third-order valence-electron chi connectivity index (χ3n) is 4.07. The molecule has 5 nitrogen and oxygen atoms in total. The van der Waals surface area contributed by atoms with E-state index in [2.05, 4.69) is 38.3 Å². The highest BCUT2D eigenvalue weighted by molar-refractivity contribution is 5.95. The van der Waals surface area contributed by atoms with E-state index in [4.69, 9.17) is 5.73 Å². The molecule has 0 amide bonds. The Bertz CT molecular complexity index is 773. The van der Waals surface area contributed by atoms with Gasteiger partial charge in [-0.05, 0) is 25.0 Å². The summed E-state index contributed by atoms with van der Waals surface area (Å²) in [5.74, 6) is 0.575. The second-order valence-electron chi connectivity index (χ2n) is 5.46. The number of anilines is 2. The molecular formula is C16H17N5. The molecule has 0 radical (unpaired) electrons. The van der Waals surface area contributed by atoms with Gasteiger partial charge in [0, 0.05) is 42.0 Å². The van der Waals surface area contributed by atoms with Gasteiger partial charge in [-0.2, -0.15) is 5.10 Å². The van der Waals surface area contributed by atoms with Gasteiger partial charge < -0.3 is 10.6 Å². The number of pyridine rings is 1. The van der Waals surface area contributed by atoms with Crippen molar-refractivity contribution >= 4 is 22.4 Å². The van der Waals surface area contributed by atoms with E-state index in [0.717, 1.165) is 35.2 Å². The normalized spacial score (nSPS) is 15.0. The average Bonchev–Trinajstić information content (AvgIpc) is 3.19. The molecule has 3 N–H and O–H groups in total. The van der Waals surface area contributed by atoms with Crippen molar-refractivity contribution in [3.63, 3.8) is 0 Å². The van der Waals surface area contributed by atoms with Gasteiger partial charge in [0.2, 0.25) is 0 Å². The van der Waals surface area contributed by atoms with Crippen LogP contribution in [0.5, 0.6) is 0 Å². The minimum absolute atomic E-state index is 0.575. The number of benzene rings is 1. The van der Waals surface area contributed by atoms with Crippen molar-refractivity contribution in [1.82, 2.24) is 15.2 Å². The van der Waals surface area contributed by atoms with Gasteiger partial charge in [0.1, 0.15) is 5.82 Å². The Kier molecular flexibility index (Phi) is 2.77. The molecule has 1 fully saturated rings. The maximum atomic E-state index is 6.00. The number of rotatable bonds is 2. The van der Waals surface area contributed by atoms with E-state index in [1.54, 1.807) is 6.20 Å². The van der Waals surface area contributed by atoms with E-state index in [1.165, 1.54) is 18.5 Å². The van der Waals surface area contributed by atoms with Gasteiger partial charge in [0.05, 0.1) is 11.2 Å². The molecule has 3 aromatic rings. The number of hydrogen-bond donors (Lipinski definition) is 2. The first kappa shape index (κ1) is 12.2. The van der Waals surface area contributed by atoms with Crippen LogP contribution in [0.15, 0.2) is 36.5 Å². The molecule has 0 unspecified atom stereocenters. The molecule has 1 aliphatic rings. The van der Waals surface area contributed by atoms with E-state index in [-0.39, 0.29) is 0 Å². The summed E-state index contributed by atoms with van der Waals surface area (Å²) in [6, 6.07) is 10.2. The standard InChI is InChI=1S/C16H17N5/c17-16-10-15(21-7-1-2-8-21)12-4-3-11(9-14(12)19-16)13-5-6-18-20-13/h3-6,9-10H,1-2,7-8H2,(H2,17,19)(H,18,20). The zero-order valence-corrected chi connectivity index (χ0v) is 11.7. The predicted molar refractivity (Wildman–Crippen MR) is 85.2 cm³/mol. The molecule has 1 saturated heterocycles. The van der Waals surface area contributed by atoms with E-state index in [0.29, 0.717) is 5.82 Å². The lowest BCUT2D eigenvalue weighted by atomic mass is 10.1. The number of aromatic amines is 1. The van der Waals surface area contributed by atoms with Gasteiger partial charge in [-0.15, -0.1) is 0 Å². The first-order valence-corrected chi connectivity index (χ1v) is 7.26. The molecule has 21 heavy (non-hydrogen) atoms. The summed E-state index contributed by atoms with van der Waals surface area (Å²) in [6.45, 7) is 2.20. The first-order valence-electron chi connectivity index (χ1n) is 7.26. The van der Waals surface area contributed by atoms with Gasteiger partial charge in [0.25, 0.3) is 0 Å². The van der Waals surface area contributed by atoms with Gasteiger partial charge in [-0.1, -0.05) is 12.1 Å². The summed E-state index contributed by atoms with van der Waals surface area (Å²) in [4.78, 5) is 6.89. The molecule has 2 aromatic heterocycles. The fraction of sp³-hybridized carbons (Fsp3) is 0.250. The predicted octanol–water partition coefficient (Wildman–Crippen LogP) is 2.81. The van der Waals surface area contributed by atoms with Crippen LogP contribution in [0, 0.1) is 0 Å². The summed E-state index contributed by atoms with van der Waals surface area (Å²) in [7, 11) is 0. The number of nitrogens with zero attached hydrogens (tertiary/aromatic N) is 3. The Morgan fingerprint density at radius 1 is 1.10 bits per heavy atom. The Morgan fingerprint density at radius 2 is 1.95 bits per heavy atom. The highest BCUT2D eigenvalue weighted by Crippen LogP contribution is 2.32. The largest absolute Gasteiger partial charge is 0.384 e. The van der Waals surface area contributed by atoms with Crippen LogP contribution in [0.4, 0.5) is 11.5 Å². The molecule has 4 rings (SSSR count). The van der Waals surface area contributed by atoms with E-state index in [9.17, 15) is 0 Å². The van der Waals surface area contributed by atoms with Crippen LogP contribution in [0.25, 0.3) is 22.2 Å². The fourth-order valence-electron chi connectivity index (χ4n) is 3.03. The second-order valence-corrected chi connectivity index (χ2v) is 5.46. The van der Waals surface area contributed by atoms with E-state index >= 15 is 0 Å². The zero-order valence-electron chi connectivity index (χ0n) is 11.7. The molecule has 0 bridgehead atoms. The quantitative estimate of drug-likeness (QED) is 0.756. The van der Waals surface area contributed by atoms with Gasteiger partial charge in [-0.25, -0.2) is 4.98 Å². The number of nitrogens with one attached hydrogen (secondary N) is 1. The minimum Gasteiger partial charge on any atom is -0.384 e. The van der Waals surface area contributed by atoms with Crippen LogP contribution < -0.4 is 10.6 Å². The zero-order chi connectivity index (χ0) is 14.2. The number of nitrogen functional groups attached to an aromatic ring is 1. The van der Waals surface area contributed by atoms with Crippen molar-refractivity contribution in [1.29, 1.82) is 0 Å². The van der Waals surface area contributed by atoms with Crippen molar-refractivity contribution < 1.29 is 0 Å². The van der Waals surface area contributed by atoms with Crippen LogP contribution in [-0.4, -0.2) is 28.3 Å². The lowest BCUT2D eigenvalue weighted by Gasteiger charge is -2.20. The molecule has 0 spiro atoms. The van der Waals surface area contributed by atoms with Crippen molar-refractivity contribution in [2.24, 2.45) is 0 Å². The highest BCUT2D eigenvalue weighted by Gasteiger charge is 2.16. The number of fused-ring (bicyclic) bond motifs is 1. The topological polar surface area (TPSA) is 70.8 Å². The Labute approximate surface area is 122 Å². The van der Waals surface area contributed by atoms with Crippen molar-refractivity contribution in [2.75, 3.05) is 23.7 Å².